The molecule has 1 aromatic carbocycles. The van der Waals surface area contributed by atoms with Gasteiger partial charge in [-0.15, -0.1) is 0 Å². The Bertz CT molecular complexity index is 474. The molecule has 0 saturated heterocycles. The van der Waals surface area contributed by atoms with E-state index in [0.29, 0.717) is 17.9 Å². The second-order valence-corrected chi connectivity index (χ2v) is 4.26. The number of carboxylic acids is 1. The van der Waals surface area contributed by atoms with Gasteiger partial charge in [0.2, 0.25) is 5.91 Å². The van der Waals surface area contributed by atoms with Gasteiger partial charge in [0.1, 0.15) is 0 Å². The molecule has 1 atom stereocenters. The number of hydrogen-bond donors (Lipinski definition) is 3. The van der Waals surface area contributed by atoms with Gasteiger partial charge in [-0.3, -0.25) is 4.79 Å². The fourth-order valence-corrected chi connectivity index (χ4v) is 1.63. The van der Waals surface area contributed by atoms with E-state index in [4.69, 9.17) is 16.6 Å². The third-order valence-corrected chi connectivity index (χ3v) is 2.72. The zero-order valence-corrected chi connectivity index (χ0v) is 10.4. The molecule has 1 rings (SSSR count). The van der Waals surface area contributed by atoms with Crippen molar-refractivity contribution in [2.24, 2.45) is 11.7 Å². The van der Waals surface area contributed by atoms with Gasteiger partial charge in [-0.05, 0) is 18.2 Å². The topological polar surface area (TPSA) is 110 Å². The Morgan fingerprint density at radius 2 is 2.06 bits per heavy atom. The Hall–Kier alpha value is -2.24. The fraction of sp³-hybridized carbons (Fsp3) is 0.333. The Morgan fingerprint density at radius 3 is 2.50 bits per heavy atom. The summed E-state index contributed by atoms with van der Waals surface area (Å²) in [7, 11) is 1.77. The van der Waals surface area contributed by atoms with Gasteiger partial charge in [0, 0.05) is 13.6 Å². The quantitative estimate of drug-likeness (QED) is 0.661. The molecule has 1 aromatic rings. The van der Waals surface area contributed by atoms with E-state index in [9.17, 15) is 9.59 Å². The van der Waals surface area contributed by atoms with Crippen molar-refractivity contribution < 1.29 is 14.7 Å². The zero-order chi connectivity index (χ0) is 13.9. The number of anilines is 2. The van der Waals surface area contributed by atoms with Crippen LogP contribution in [0.2, 0.25) is 0 Å². The van der Waals surface area contributed by atoms with E-state index in [1.807, 2.05) is 0 Å². The molecule has 0 aliphatic heterocycles. The van der Waals surface area contributed by atoms with Crippen LogP contribution in [0.5, 0.6) is 0 Å². The molecule has 0 saturated carbocycles. The van der Waals surface area contributed by atoms with Crippen molar-refractivity contribution in [2.75, 3.05) is 24.2 Å². The van der Waals surface area contributed by atoms with Gasteiger partial charge in [0.15, 0.2) is 0 Å². The van der Waals surface area contributed by atoms with E-state index < -0.39 is 5.97 Å². The van der Waals surface area contributed by atoms with Crippen molar-refractivity contribution in [2.45, 2.75) is 6.92 Å². The lowest BCUT2D eigenvalue weighted by Gasteiger charge is -2.23. The third-order valence-electron chi connectivity index (χ3n) is 2.72. The average molecular weight is 251 g/mol. The van der Waals surface area contributed by atoms with Crippen molar-refractivity contribution in [3.63, 3.8) is 0 Å². The van der Waals surface area contributed by atoms with E-state index in [0.717, 1.165) is 0 Å². The Morgan fingerprint density at radius 1 is 1.44 bits per heavy atom. The van der Waals surface area contributed by atoms with Gasteiger partial charge in [-0.1, -0.05) is 6.92 Å². The van der Waals surface area contributed by atoms with Crippen LogP contribution >= 0.6 is 0 Å². The summed E-state index contributed by atoms with van der Waals surface area (Å²) in [6, 6.07) is 4.48. The summed E-state index contributed by atoms with van der Waals surface area (Å²) >= 11 is 0. The molecule has 0 bridgehead atoms. The Kier molecular flexibility index (Phi) is 4.14. The van der Waals surface area contributed by atoms with Crippen LogP contribution in [0.1, 0.15) is 17.3 Å². The normalized spacial score (nSPS) is 11.9. The number of primary amides is 1. The van der Waals surface area contributed by atoms with Gasteiger partial charge in [-0.25, -0.2) is 4.79 Å². The largest absolute Gasteiger partial charge is 0.478 e. The number of benzene rings is 1. The van der Waals surface area contributed by atoms with Gasteiger partial charge in [0.25, 0.3) is 0 Å². The molecule has 98 valence electrons. The average Bonchev–Trinajstić information content (AvgIpc) is 2.28. The number of aromatic carboxylic acids is 1. The van der Waals surface area contributed by atoms with Gasteiger partial charge < -0.3 is 21.5 Å². The molecule has 0 radical (unpaired) electrons. The number of carbonyl (C=O) groups excluding carboxylic acids is 1. The van der Waals surface area contributed by atoms with Gasteiger partial charge in [-0.2, -0.15) is 0 Å². The summed E-state index contributed by atoms with van der Waals surface area (Å²) in [5.41, 5.74) is 12.1. The van der Waals surface area contributed by atoms with Crippen LogP contribution in [0.15, 0.2) is 18.2 Å². The molecule has 0 heterocycles. The van der Waals surface area contributed by atoms with Gasteiger partial charge in [0.05, 0.1) is 22.9 Å². The highest BCUT2D eigenvalue weighted by Crippen LogP contribution is 2.24. The van der Waals surface area contributed by atoms with Crippen LogP contribution in [-0.4, -0.2) is 30.6 Å². The smallest absolute Gasteiger partial charge is 0.335 e. The highest BCUT2D eigenvalue weighted by molar-refractivity contribution is 5.90. The molecule has 1 amide bonds. The second kappa shape index (κ2) is 5.39. The summed E-state index contributed by atoms with van der Waals surface area (Å²) in [4.78, 5) is 23.5. The molecule has 5 N–H and O–H groups in total. The van der Waals surface area contributed by atoms with Crippen LogP contribution in [0.25, 0.3) is 0 Å². The predicted molar refractivity (Wildman–Crippen MR) is 69.4 cm³/mol. The van der Waals surface area contributed by atoms with E-state index in [1.54, 1.807) is 24.9 Å². The van der Waals surface area contributed by atoms with Crippen LogP contribution in [0.3, 0.4) is 0 Å². The number of carboxylic acid groups (broad SMARTS) is 1. The molecule has 0 aliphatic rings. The van der Waals surface area contributed by atoms with Crippen molar-refractivity contribution in [1.82, 2.24) is 0 Å². The standard InChI is InChI=1S/C12H17N3O3/c1-7(11(14)16)6-15(2)10-4-3-8(12(17)18)5-9(10)13/h3-5,7H,6,13H2,1-2H3,(H2,14,16)(H,17,18). The molecule has 0 spiro atoms. The number of nitrogens with zero attached hydrogens (tertiary/aromatic N) is 1. The number of hydrogen-bond acceptors (Lipinski definition) is 4. The summed E-state index contributed by atoms with van der Waals surface area (Å²) in [5, 5.41) is 8.83. The number of amides is 1. The number of nitrogen functional groups attached to an aromatic ring is 1. The van der Waals surface area contributed by atoms with Crippen LogP contribution in [-0.2, 0) is 4.79 Å². The molecule has 18 heavy (non-hydrogen) atoms. The number of carbonyl (C=O) groups is 2. The minimum absolute atomic E-state index is 0.132. The Labute approximate surface area is 105 Å². The van der Waals surface area contributed by atoms with Gasteiger partial charge >= 0.3 is 5.97 Å². The molecule has 0 aromatic heterocycles. The lowest BCUT2D eigenvalue weighted by molar-refractivity contribution is -0.121. The molecule has 0 aliphatic carbocycles. The van der Waals surface area contributed by atoms with Crippen LogP contribution in [0, 0.1) is 5.92 Å². The SMILES string of the molecule is CC(CN(C)c1ccc(C(=O)O)cc1N)C(N)=O. The first-order valence-corrected chi connectivity index (χ1v) is 5.46. The Balaban J connectivity index is 2.90. The minimum Gasteiger partial charge on any atom is -0.478 e. The molecule has 6 nitrogen and oxygen atoms in total. The molecular weight excluding hydrogens is 234 g/mol. The first-order valence-electron chi connectivity index (χ1n) is 5.46. The summed E-state index contributed by atoms with van der Waals surface area (Å²) in [6.07, 6.45) is 0. The van der Waals surface area contributed by atoms with Crippen molar-refractivity contribution in [3.8, 4) is 0 Å². The van der Waals surface area contributed by atoms with E-state index in [2.05, 4.69) is 0 Å². The number of nitrogens with two attached hydrogens (primary N) is 2. The monoisotopic (exact) mass is 251 g/mol. The molecule has 0 fully saturated rings. The predicted octanol–water partition coefficient (Wildman–Crippen LogP) is 0.525. The van der Waals surface area contributed by atoms with Crippen LogP contribution < -0.4 is 16.4 Å². The first kappa shape index (κ1) is 13.8. The third kappa shape index (κ3) is 3.13. The lowest BCUT2D eigenvalue weighted by Crippen LogP contribution is -2.32. The molecular formula is C12H17N3O3. The fourth-order valence-electron chi connectivity index (χ4n) is 1.63. The summed E-state index contributed by atoms with van der Waals surface area (Å²) in [6.45, 7) is 2.15. The first-order chi connectivity index (χ1) is 8.32. The van der Waals surface area contributed by atoms with E-state index in [1.165, 1.54) is 12.1 Å². The maximum absolute atomic E-state index is 11.0. The minimum atomic E-state index is -1.03. The second-order valence-electron chi connectivity index (χ2n) is 4.26. The highest BCUT2D eigenvalue weighted by atomic mass is 16.4. The zero-order valence-electron chi connectivity index (χ0n) is 10.4. The highest BCUT2D eigenvalue weighted by Gasteiger charge is 2.14. The maximum Gasteiger partial charge on any atom is 0.335 e. The lowest BCUT2D eigenvalue weighted by atomic mass is 10.1. The molecule has 6 heteroatoms. The van der Waals surface area contributed by atoms with Crippen molar-refractivity contribution in [1.29, 1.82) is 0 Å². The maximum atomic E-state index is 11.0. The summed E-state index contributed by atoms with van der Waals surface area (Å²) in [5.74, 6) is -1.72. The number of rotatable bonds is 5. The molecule has 1 unspecified atom stereocenters. The van der Waals surface area contributed by atoms with E-state index >= 15 is 0 Å². The van der Waals surface area contributed by atoms with Crippen molar-refractivity contribution in [3.05, 3.63) is 23.8 Å². The summed E-state index contributed by atoms with van der Waals surface area (Å²) < 4.78 is 0. The van der Waals surface area contributed by atoms with E-state index in [-0.39, 0.29) is 17.4 Å². The van der Waals surface area contributed by atoms with Crippen molar-refractivity contribution >= 4 is 23.3 Å². The van der Waals surface area contributed by atoms with Crippen LogP contribution in [0.4, 0.5) is 11.4 Å².